The molecule has 1 aliphatic heterocycles. The molecule has 7 heteroatoms. The molecule has 22 heavy (non-hydrogen) atoms. The van der Waals surface area contributed by atoms with Crippen molar-refractivity contribution in [1.82, 2.24) is 19.4 Å². The topological polar surface area (TPSA) is 67.2 Å². The van der Waals surface area contributed by atoms with Gasteiger partial charge in [0.1, 0.15) is 0 Å². The maximum absolute atomic E-state index is 11.7. The van der Waals surface area contributed by atoms with E-state index in [0.29, 0.717) is 6.54 Å². The van der Waals surface area contributed by atoms with Crippen molar-refractivity contribution < 1.29 is 8.42 Å². The second-order valence-corrected chi connectivity index (χ2v) is 8.56. The fraction of sp³-hybridized carbons (Fsp3) is 0.800. The average Bonchev–Trinajstić information content (AvgIpc) is 2.82. The molecule has 3 rings (SSSR count). The minimum Gasteiger partial charge on any atom is -0.293 e. The number of sulfonamides is 1. The first-order valence-electron chi connectivity index (χ1n) is 8.29. The first kappa shape index (κ1) is 16.0. The van der Waals surface area contributed by atoms with E-state index < -0.39 is 10.0 Å². The van der Waals surface area contributed by atoms with Crippen molar-refractivity contribution in [3.63, 3.8) is 0 Å². The molecule has 1 atom stereocenters. The zero-order valence-electron chi connectivity index (χ0n) is 13.2. The molecule has 1 saturated carbocycles. The zero-order valence-corrected chi connectivity index (χ0v) is 14.1. The Labute approximate surface area is 132 Å². The van der Waals surface area contributed by atoms with Gasteiger partial charge in [0.25, 0.3) is 0 Å². The van der Waals surface area contributed by atoms with Gasteiger partial charge in [0, 0.05) is 38.4 Å². The van der Waals surface area contributed by atoms with Crippen LogP contribution in [0.5, 0.6) is 0 Å². The van der Waals surface area contributed by atoms with E-state index in [2.05, 4.69) is 25.5 Å². The number of hydrogen-bond donors (Lipinski definition) is 1. The highest BCUT2D eigenvalue weighted by atomic mass is 32.2. The van der Waals surface area contributed by atoms with Crippen LogP contribution in [0.1, 0.15) is 38.3 Å². The van der Waals surface area contributed by atoms with Gasteiger partial charge in [0.05, 0.1) is 11.4 Å². The molecule has 0 aromatic carbocycles. The molecule has 0 saturated heterocycles. The second kappa shape index (κ2) is 6.68. The third kappa shape index (κ3) is 3.70. The van der Waals surface area contributed by atoms with Crippen molar-refractivity contribution in [3.05, 3.63) is 18.0 Å². The zero-order chi connectivity index (χ0) is 15.6. The summed E-state index contributed by atoms with van der Waals surface area (Å²) in [6.07, 6.45) is 6.75. The van der Waals surface area contributed by atoms with Crippen LogP contribution in [0.25, 0.3) is 0 Å². The van der Waals surface area contributed by atoms with Crippen molar-refractivity contribution in [2.45, 2.75) is 51.7 Å². The third-order valence-corrected chi connectivity index (χ3v) is 6.36. The minimum absolute atomic E-state index is 0.143. The highest BCUT2D eigenvalue weighted by Gasteiger charge is 2.29. The Kier molecular flexibility index (Phi) is 4.84. The predicted molar refractivity (Wildman–Crippen MR) is 85.8 cm³/mol. The van der Waals surface area contributed by atoms with Crippen LogP contribution in [0.3, 0.4) is 0 Å². The maximum atomic E-state index is 11.7. The summed E-state index contributed by atoms with van der Waals surface area (Å²) in [6, 6.07) is 2.33. The summed E-state index contributed by atoms with van der Waals surface area (Å²) >= 11 is 0. The molecule has 1 fully saturated rings. The quantitative estimate of drug-likeness (QED) is 0.853. The Hall–Kier alpha value is -0.920. The summed E-state index contributed by atoms with van der Waals surface area (Å²) < 4.78 is 28.3. The van der Waals surface area contributed by atoms with Gasteiger partial charge in [-0.1, -0.05) is 6.42 Å². The summed E-state index contributed by atoms with van der Waals surface area (Å²) in [4.78, 5) is 2.46. The lowest BCUT2D eigenvalue weighted by Gasteiger charge is -2.36. The largest absolute Gasteiger partial charge is 0.293 e. The van der Waals surface area contributed by atoms with E-state index >= 15 is 0 Å². The van der Waals surface area contributed by atoms with E-state index in [0.717, 1.165) is 32.0 Å². The van der Waals surface area contributed by atoms with E-state index in [1.807, 2.05) is 6.20 Å². The van der Waals surface area contributed by atoms with E-state index in [4.69, 9.17) is 0 Å². The first-order chi connectivity index (χ1) is 10.6. The van der Waals surface area contributed by atoms with Gasteiger partial charge in [-0.3, -0.25) is 9.58 Å². The van der Waals surface area contributed by atoms with Crippen LogP contribution in [0.2, 0.25) is 0 Å². The molecule has 6 nitrogen and oxygen atoms in total. The Morgan fingerprint density at radius 1 is 1.36 bits per heavy atom. The van der Waals surface area contributed by atoms with Gasteiger partial charge in [-0.25, -0.2) is 13.1 Å². The van der Waals surface area contributed by atoms with Crippen molar-refractivity contribution in [1.29, 1.82) is 0 Å². The average molecular weight is 326 g/mol. The smallest absolute Gasteiger partial charge is 0.211 e. The van der Waals surface area contributed by atoms with Gasteiger partial charge in [0.2, 0.25) is 10.0 Å². The molecule has 1 aromatic heterocycles. The molecule has 0 unspecified atom stereocenters. The molecule has 1 aliphatic carbocycles. The van der Waals surface area contributed by atoms with Gasteiger partial charge in [-0.05, 0) is 38.2 Å². The van der Waals surface area contributed by atoms with Crippen molar-refractivity contribution in [3.8, 4) is 0 Å². The van der Waals surface area contributed by atoms with Gasteiger partial charge in [0.15, 0.2) is 0 Å². The lowest BCUT2D eigenvalue weighted by atomic mass is 9.84. The third-order valence-electron chi connectivity index (χ3n) is 5.00. The monoisotopic (exact) mass is 326 g/mol. The van der Waals surface area contributed by atoms with E-state index in [9.17, 15) is 8.42 Å². The summed E-state index contributed by atoms with van der Waals surface area (Å²) in [6.45, 7) is 4.99. The number of rotatable bonds is 6. The molecule has 0 spiro atoms. The Morgan fingerprint density at radius 3 is 2.86 bits per heavy atom. The lowest BCUT2D eigenvalue weighted by Crippen LogP contribution is -2.46. The van der Waals surface area contributed by atoms with E-state index in [1.165, 1.54) is 25.0 Å². The number of nitrogens with zero attached hydrogens (tertiary/aromatic N) is 3. The van der Waals surface area contributed by atoms with Crippen molar-refractivity contribution in [2.24, 2.45) is 5.92 Å². The Morgan fingerprint density at radius 2 is 2.18 bits per heavy atom. The number of aryl methyl sites for hydroxylation is 1. The molecular formula is C15H26N4O2S. The summed E-state index contributed by atoms with van der Waals surface area (Å²) in [7, 11) is -3.13. The maximum Gasteiger partial charge on any atom is 0.211 e. The first-order valence-corrected chi connectivity index (χ1v) is 9.94. The molecule has 1 N–H and O–H groups in total. The molecule has 0 bridgehead atoms. The summed E-state index contributed by atoms with van der Waals surface area (Å²) in [5, 5.41) is 4.38. The van der Waals surface area contributed by atoms with Gasteiger partial charge >= 0.3 is 0 Å². The van der Waals surface area contributed by atoms with Crippen molar-refractivity contribution >= 4 is 10.0 Å². The number of nitrogens with one attached hydrogen (secondary N) is 1. The molecule has 2 heterocycles. The van der Waals surface area contributed by atoms with Crippen LogP contribution in [-0.4, -0.2) is 48.0 Å². The Bertz CT molecular complexity index is 594. The molecule has 1 aromatic rings. The van der Waals surface area contributed by atoms with Crippen LogP contribution in [-0.2, 0) is 23.1 Å². The van der Waals surface area contributed by atoms with E-state index in [1.54, 1.807) is 6.92 Å². The number of fused-ring (bicyclic) bond motifs is 1. The van der Waals surface area contributed by atoms with Crippen LogP contribution in [0.4, 0.5) is 0 Å². The lowest BCUT2D eigenvalue weighted by molar-refractivity contribution is 0.124. The summed E-state index contributed by atoms with van der Waals surface area (Å²) in [5.41, 5.74) is 1.24. The van der Waals surface area contributed by atoms with Crippen LogP contribution >= 0.6 is 0 Å². The SMILES string of the molecule is CCS(=O)(=O)NC[C@@H]1CCn2nccc2CN1CC1CCC1. The predicted octanol–water partition coefficient (Wildman–Crippen LogP) is 1.20. The fourth-order valence-corrected chi connectivity index (χ4v) is 3.91. The normalized spacial score (nSPS) is 23.8. The van der Waals surface area contributed by atoms with Crippen LogP contribution in [0, 0.1) is 5.92 Å². The molecule has 0 amide bonds. The minimum atomic E-state index is -3.13. The Balaban J connectivity index is 1.69. The van der Waals surface area contributed by atoms with Crippen molar-refractivity contribution in [2.75, 3.05) is 18.8 Å². The standard InChI is InChI=1S/C15H26N4O2S/c1-2-22(20,21)17-10-14-7-9-19-15(6-8-16-19)12-18(14)11-13-4-3-5-13/h6,8,13-14,17H,2-5,7,9-12H2,1H3/t14-/m0/s1. The van der Waals surface area contributed by atoms with E-state index in [-0.39, 0.29) is 11.8 Å². The fourth-order valence-electron chi connectivity index (χ4n) is 3.26. The van der Waals surface area contributed by atoms with Gasteiger partial charge < -0.3 is 0 Å². The number of hydrogen-bond acceptors (Lipinski definition) is 4. The second-order valence-electron chi connectivity index (χ2n) is 6.47. The number of aromatic nitrogens is 2. The van der Waals surface area contributed by atoms with Crippen LogP contribution in [0.15, 0.2) is 12.3 Å². The molecule has 0 radical (unpaired) electrons. The highest BCUT2D eigenvalue weighted by Crippen LogP contribution is 2.29. The molecule has 124 valence electrons. The van der Waals surface area contributed by atoms with Crippen LogP contribution < -0.4 is 4.72 Å². The summed E-state index contributed by atoms with van der Waals surface area (Å²) in [5.74, 6) is 0.920. The molecule has 2 aliphatic rings. The molecular weight excluding hydrogens is 300 g/mol. The highest BCUT2D eigenvalue weighted by molar-refractivity contribution is 7.89. The van der Waals surface area contributed by atoms with Gasteiger partial charge in [-0.15, -0.1) is 0 Å². The van der Waals surface area contributed by atoms with Gasteiger partial charge in [-0.2, -0.15) is 5.10 Å².